The molecule has 0 aliphatic carbocycles. The van der Waals surface area contributed by atoms with Gasteiger partial charge in [0.15, 0.2) is 11.5 Å². The molecule has 4 nitrogen and oxygen atoms in total. The normalized spacial score (nSPS) is 10.2. The van der Waals surface area contributed by atoms with Gasteiger partial charge in [-0.1, -0.05) is 29.8 Å². The van der Waals surface area contributed by atoms with Crippen molar-refractivity contribution < 1.29 is 14.3 Å². The number of nitrogens with one attached hydrogen (secondary N) is 1. The monoisotopic (exact) mass is 333 g/mol. The van der Waals surface area contributed by atoms with Gasteiger partial charge in [-0.25, -0.2) is 0 Å². The third-order valence-electron chi connectivity index (χ3n) is 3.18. The second-order valence-electron chi connectivity index (χ2n) is 4.81. The number of carbonyl (C=O) groups is 1. The first kappa shape index (κ1) is 17.2. The molecule has 2 rings (SSSR count). The zero-order chi connectivity index (χ0) is 16.7. The van der Waals surface area contributed by atoms with Gasteiger partial charge < -0.3 is 14.8 Å². The average molecular weight is 334 g/mol. The maximum atomic E-state index is 12.2. The number of hydrogen-bond donors (Lipinski definition) is 1. The number of amides is 1. The molecule has 0 saturated carbocycles. The lowest BCUT2D eigenvalue weighted by Gasteiger charge is -2.13. The highest BCUT2D eigenvalue weighted by molar-refractivity contribution is 6.33. The summed E-state index contributed by atoms with van der Waals surface area (Å²) in [4.78, 5) is 12.2. The van der Waals surface area contributed by atoms with Crippen LogP contribution in [0.5, 0.6) is 11.5 Å². The van der Waals surface area contributed by atoms with Crippen LogP contribution in [-0.2, 0) is 6.54 Å². The van der Waals surface area contributed by atoms with Gasteiger partial charge in [0.1, 0.15) is 0 Å². The van der Waals surface area contributed by atoms with Crippen LogP contribution in [0.2, 0.25) is 5.02 Å². The summed E-state index contributed by atoms with van der Waals surface area (Å²) in [6.45, 7) is 5.35. The fourth-order valence-electron chi connectivity index (χ4n) is 2.13. The summed E-state index contributed by atoms with van der Waals surface area (Å²) in [5, 5.41) is 3.29. The highest BCUT2D eigenvalue weighted by Gasteiger charge is 2.10. The topological polar surface area (TPSA) is 47.6 Å². The molecule has 0 aromatic heterocycles. The molecular weight excluding hydrogens is 314 g/mol. The van der Waals surface area contributed by atoms with Crippen LogP contribution in [0.1, 0.15) is 29.8 Å². The minimum atomic E-state index is -0.206. The Morgan fingerprint density at radius 2 is 1.74 bits per heavy atom. The van der Waals surface area contributed by atoms with Crippen molar-refractivity contribution in [3.8, 4) is 11.5 Å². The summed E-state index contributed by atoms with van der Waals surface area (Å²) in [6.07, 6.45) is 0. The standard InChI is InChI=1S/C18H20ClNO3/c1-3-22-16-10-9-13(11-17(16)23-4-2)12-20-18(21)14-7-5-6-8-15(14)19/h5-11H,3-4,12H2,1-2H3,(H,20,21). The Kier molecular flexibility index (Phi) is 6.29. The summed E-state index contributed by atoms with van der Waals surface area (Å²) in [6, 6.07) is 12.6. The van der Waals surface area contributed by atoms with Gasteiger partial charge >= 0.3 is 0 Å². The summed E-state index contributed by atoms with van der Waals surface area (Å²) in [7, 11) is 0. The van der Waals surface area contributed by atoms with E-state index in [1.807, 2.05) is 32.0 Å². The van der Waals surface area contributed by atoms with E-state index in [2.05, 4.69) is 5.32 Å². The maximum absolute atomic E-state index is 12.2. The van der Waals surface area contributed by atoms with Crippen LogP contribution in [0, 0.1) is 0 Å². The van der Waals surface area contributed by atoms with Crippen molar-refractivity contribution in [3.05, 3.63) is 58.6 Å². The van der Waals surface area contributed by atoms with E-state index in [0.717, 1.165) is 5.56 Å². The Morgan fingerprint density at radius 1 is 1.04 bits per heavy atom. The second kappa shape index (κ2) is 8.44. The minimum absolute atomic E-state index is 0.206. The molecule has 1 N–H and O–H groups in total. The predicted octanol–water partition coefficient (Wildman–Crippen LogP) is 4.07. The van der Waals surface area contributed by atoms with Gasteiger partial charge in [0.05, 0.1) is 23.8 Å². The highest BCUT2D eigenvalue weighted by atomic mass is 35.5. The molecule has 0 aliphatic rings. The van der Waals surface area contributed by atoms with Crippen LogP contribution in [-0.4, -0.2) is 19.1 Å². The molecule has 2 aromatic carbocycles. The van der Waals surface area contributed by atoms with Crippen molar-refractivity contribution in [1.29, 1.82) is 0 Å². The van der Waals surface area contributed by atoms with E-state index in [9.17, 15) is 4.79 Å². The highest BCUT2D eigenvalue weighted by Crippen LogP contribution is 2.28. The van der Waals surface area contributed by atoms with E-state index in [1.54, 1.807) is 24.3 Å². The Labute approximate surface area is 141 Å². The number of hydrogen-bond acceptors (Lipinski definition) is 3. The molecule has 1 amide bonds. The van der Waals surface area contributed by atoms with Gasteiger partial charge in [-0.05, 0) is 43.7 Å². The molecule has 0 atom stereocenters. The number of carbonyl (C=O) groups excluding carboxylic acids is 1. The van der Waals surface area contributed by atoms with Crippen LogP contribution in [0.25, 0.3) is 0 Å². The molecule has 0 heterocycles. The van der Waals surface area contributed by atoms with Gasteiger partial charge in [-0.15, -0.1) is 0 Å². The number of rotatable bonds is 7. The molecule has 0 saturated heterocycles. The summed E-state index contributed by atoms with van der Waals surface area (Å²) in [5.41, 5.74) is 1.39. The van der Waals surface area contributed by atoms with E-state index in [1.165, 1.54) is 0 Å². The van der Waals surface area contributed by atoms with Crippen molar-refractivity contribution in [2.24, 2.45) is 0 Å². The van der Waals surface area contributed by atoms with Crippen molar-refractivity contribution in [2.45, 2.75) is 20.4 Å². The van der Waals surface area contributed by atoms with Gasteiger partial charge in [0.2, 0.25) is 0 Å². The zero-order valence-corrected chi connectivity index (χ0v) is 14.0. The van der Waals surface area contributed by atoms with Gasteiger partial charge in [0, 0.05) is 6.54 Å². The van der Waals surface area contributed by atoms with E-state index in [4.69, 9.17) is 21.1 Å². The first-order valence-corrected chi connectivity index (χ1v) is 7.94. The largest absolute Gasteiger partial charge is 0.490 e. The zero-order valence-electron chi connectivity index (χ0n) is 13.3. The second-order valence-corrected chi connectivity index (χ2v) is 5.22. The number of benzene rings is 2. The quantitative estimate of drug-likeness (QED) is 0.831. The van der Waals surface area contributed by atoms with Gasteiger partial charge in [-0.3, -0.25) is 4.79 Å². The van der Waals surface area contributed by atoms with E-state index in [-0.39, 0.29) is 5.91 Å². The molecule has 0 aliphatic heterocycles. The summed E-state index contributed by atoms with van der Waals surface area (Å²) < 4.78 is 11.1. The number of halogens is 1. The smallest absolute Gasteiger partial charge is 0.253 e. The molecule has 0 radical (unpaired) electrons. The molecule has 0 unspecified atom stereocenters. The van der Waals surface area contributed by atoms with Crippen LogP contribution in [0.15, 0.2) is 42.5 Å². The first-order chi connectivity index (χ1) is 11.2. The van der Waals surface area contributed by atoms with Crippen LogP contribution >= 0.6 is 11.6 Å². The molecule has 0 spiro atoms. The van der Waals surface area contributed by atoms with E-state index < -0.39 is 0 Å². The van der Waals surface area contributed by atoms with E-state index >= 15 is 0 Å². The predicted molar refractivity (Wildman–Crippen MR) is 91.4 cm³/mol. The fraction of sp³-hybridized carbons (Fsp3) is 0.278. The maximum Gasteiger partial charge on any atom is 0.253 e. The molecule has 122 valence electrons. The number of ether oxygens (including phenoxy) is 2. The van der Waals surface area contributed by atoms with Crippen molar-refractivity contribution in [3.63, 3.8) is 0 Å². The lowest BCUT2D eigenvalue weighted by Crippen LogP contribution is -2.23. The average Bonchev–Trinajstić information content (AvgIpc) is 2.55. The van der Waals surface area contributed by atoms with Crippen LogP contribution in [0.4, 0.5) is 0 Å². The SMILES string of the molecule is CCOc1ccc(CNC(=O)c2ccccc2Cl)cc1OCC. The lowest BCUT2D eigenvalue weighted by molar-refractivity contribution is 0.0951. The third kappa shape index (κ3) is 4.63. The van der Waals surface area contributed by atoms with Crippen LogP contribution < -0.4 is 14.8 Å². The third-order valence-corrected chi connectivity index (χ3v) is 3.51. The Bertz CT molecular complexity index is 673. The van der Waals surface area contributed by atoms with Gasteiger partial charge in [0.25, 0.3) is 5.91 Å². The Morgan fingerprint density at radius 3 is 2.43 bits per heavy atom. The molecule has 0 bridgehead atoms. The van der Waals surface area contributed by atoms with Crippen molar-refractivity contribution in [1.82, 2.24) is 5.32 Å². The molecular formula is C18H20ClNO3. The minimum Gasteiger partial charge on any atom is -0.490 e. The molecule has 5 heteroatoms. The molecule has 0 fully saturated rings. The first-order valence-electron chi connectivity index (χ1n) is 7.57. The fourth-order valence-corrected chi connectivity index (χ4v) is 2.35. The van der Waals surface area contributed by atoms with Crippen molar-refractivity contribution in [2.75, 3.05) is 13.2 Å². The Balaban J connectivity index is 2.07. The summed E-state index contributed by atoms with van der Waals surface area (Å²) in [5.74, 6) is 1.18. The lowest BCUT2D eigenvalue weighted by atomic mass is 10.1. The van der Waals surface area contributed by atoms with E-state index in [0.29, 0.717) is 41.8 Å². The van der Waals surface area contributed by atoms with Crippen molar-refractivity contribution >= 4 is 17.5 Å². The Hall–Kier alpha value is -2.20. The molecule has 2 aromatic rings. The summed E-state index contributed by atoms with van der Waals surface area (Å²) >= 11 is 6.03. The molecule has 23 heavy (non-hydrogen) atoms. The van der Waals surface area contributed by atoms with Gasteiger partial charge in [-0.2, -0.15) is 0 Å². The van der Waals surface area contributed by atoms with Crippen LogP contribution in [0.3, 0.4) is 0 Å².